The highest BCUT2D eigenvalue weighted by Gasteiger charge is 2.11. The zero-order chi connectivity index (χ0) is 12.7. The van der Waals surface area contributed by atoms with Gasteiger partial charge in [0.1, 0.15) is 17.7 Å². The number of aromatic amines is 1. The minimum Gasteiger partial charge on any atom is -0.382 e. The monoisotopic (exact) mass is 415 g/mol. The molecule has 3 N–H and O–H groups in total. The average Bonchev–Trinajstić information content (AvgIpc) is 2.77. The van der Waals surface area contributed by atoms with Gasteiger partial charge in [-0.15, -0.1) is 0 Å². The van der Waals surface area contributed by atoms with Crippen LogP contribution >= 0.6 is 38.5 Å². The Morgan fingerprint density at radius 1 is 1.28 bits per heavy atom. The van der Waals surface area contributed by atoms with Gasteiger partial charge < -0.3 is 10.7 Å². The quantitative estimate of drug-likeness (QED) is 0.598. The Hall–Kier alpha value is -1.22. The molecule has 0 aliphatic carbocycles. The van der Waals surface area contributed by atoms with E-state index in [0.29, 0.717) is 17.0 Å². The van der Waals surface area contributed by atoms with Gasteiger partial charge in [-0.05, 0) is 40.8 Å². The van der Waals surface area contributed by atoms with Gasteiger partial charge in [-0.2, -0.15) is 0 Å². The van der Waals surface area contributed by atoms with Crippen LogP contribution in [0.5, 0.6) is 0 Å². The van der Waals surface area contributed by atoms with Crippen LogP contribution in [0.2, 0.25) is 0 Å². The second-order valence-corrected chi connectivity index (χ2v) is 5.77. The summed E-state index contributed by atoms with van der Waals surface area (Å²) in [6.07, 6.45) is 1.41. The number of rotatable bonds is 1. The normalized spacial score (nSPS) is 11.0. The van der Waals surface area contributed by atoms with Crippen molar-refractivity contribution in [3.05, 3.63) is 32.6 Å². The third kappa shape index (κ3) is 1.97. The SMILES string of the molecule is Nc1ncnc2nc(-c3cc(I)ccc3Br)[nH]c12. The van der Waals surface area contributed by atoms with Crippen LogP contribution in [0.1, 0.15) is 0 Å². The average molecular weight is 416 g/mol. The summed E-state index contributed by atoms with van der Waals surface area (Å²) in [5.74, 6) is 1.13. The first-order chi connectivity index (χ1) is 8.65. The van der Waals surface area contributed by atoms with Crippen molar-refractivity contribution >= 4 is 55.5 Å². The van der Waals surface area contributed by atoms with Gasteiger partial charge in [0.15, 0.2) is 11.5 Å². The number of anilines is 1. The fraction of sp³-hybridized carbons (Fsp3) is 0. The summed E-state index contributed by atoms with van der Waals surface area (Å²) in [5, 5.41) is 0. The lowest BCUT2D eigenvalue weighted by Crippen LogP contribution is -1.91. The molecule has 2 heterocycles. The summed E-state index contributed by atoms with van der Waals surface area (Å²) >= 11 is 5.77. The molecule has 7 heteroatoms. The van der Waals surface area contributed by atoms with Crippen LogP contribution in [0.15, 0.2) is 29.0 Å². The third-order valence-corrected chi connectivity index (χ3v) is 3.86. The number of hydrogen-bond acceptors (Lipinski definition) is 4. The molecule has 90 valence electrons. The molecule has 0 saturated heterocycles. The lowest BCUT2D eigenvalue weighted by atomic mass is 10.2. The number of imidazole rings is 1. The van der Waals surface area contributed by atoms with Crippen LogP contribution in [-0.2, 0) is 0 Å². The first kappa shape index (κ1) is 11.8. The summed E-state index contributed by atoms with van der Waals surface area (Å²) in [6, 6.07) is 6.04. The molecule has 3 aromatic rings. The van der Waals surface area contributed by atoms with Crippen molar-refractivity contribution < 1.29 is 0 Å². The van der Waals surface area contributed by atoms with E-state index >= 15 is 0 Å². The molecular weight excluding hydrogens is 409 g/mol. The number of nitrogens with one attached hydrogen (secondary N) is 1. The predicted octanol–water partition coefficient (Wildman–Crippen LogP) is 2.97. The summed E-state index contributed by atoms with van der Waals surface area (Å²) in [5.41, 5.74) is 7.99. The van der Waals surface area contributed by atoms with E-state index < -0.39 is 0 Å². The largest absolute Gasteiger partial charge is 0.382 e. The second-order valence-electron chi connectivity index (χ2n) is 3.67. The first-order valence-electron chi connectivity index (χ1n) is 5.07. The number of aromatic nitrogens is 4. The summed E-state index contributed by atoms with van der Waals surface area (Å²) in [6.45, 7) is 0. The van der Waals surface area contributed by atoms with Gasteiger partial charge in [-0.1, -0.05) is 15.9 Å². The van der Waals surface area contributed by atoms with E-state index in [1.165, 1.54) is 6.33 Å². The van der Waals surface area contributed by atoms with Crippen LogP contribution in [0.3, 0.4) is 0 Å². The Kier molecular flexibility index (Phi) is 2.94. The van der Waals surface area contributed by atoms with Crippen LogP contribution in [0, 0.1) is 3.57 Å². The maximum absolute atomic E-state index is 5.78. The molecule has 0 unspecified atom stereocenters. The van der Waals surface area contributed by atoms with E-state index in [1.807, 2.05) is 18.2 Å². The van der Waals surface area contributed by atoms with Crippen molar-refractivity contribution in [2.45, 2.75) is 0 Å². The number of halogens is 2. The van der Waals surface area contributed by atoms with Gasteiger partial charge in [0, 0.05) is 13.6 Å². The molecule has 3 rings (SSSR count). The van der Waals surface area contributed by atoms with Crippen molar-refractivity contribution in [3.8, 4) is 11.4 Å². The first-order valence-corrected chi connectivity index (χ1v) is 6.94. The molecule has 0 aliphatic heterocycles. The van der Waals surface area contributed by atoms with E-state index in [4.69, 9.17) is 5.73 Å². The number of nitrogen functional groups attached to an aromatic ring is 1. The highest BCUT2D eigenvalue weighted by Crippen LogP contribution is 2.29. The third-order valence-electron chi connectivity index (χ3n) is 2.50. The lowest BCUT2D eigenvalue weighted by Gasteiger charge is -2.01. The van der Waals surface area contributed by atoms with Crippen molar-refractivity contribution in [3.63, 3.8) is 0 Å². The number of benzene rings is 1. The molecular formula is C11H7BrIN5. The van der Waals surface area contributed by atoms with Gasteiger partial charge in [0.2, 0.25) is 0 Å². The second kappa shape index (κ2) is 4.47. The van der Waals surface area contributed by atoms with Crippen LogP contribution in [0.25, 0.3) is 22.6 Å². The van der Waals surface area contributed by atoms with Gasteiger partial charge >= 0.3 is 0 Å². The molecule has 0 spiro atoms. The van der Waals surface area contributed by atoms with E-state index in [2.05, 4.69) is 58.5 Å². The zero-order valence-electron chi connectivity index (χ0n) is 8.98. The van der Waals surface area contributed by atoms with Crippen molar-refractivity contribution in [1.29, 1.82) is 0 Å². The van der Waals surface area contributed by atoms with Crippen molar-refractivity contribution in [2.75, 3.05) is 5.73 Å². The molecule has 18 heavy (non-hydrogen) atoms. The fourth-order valence-corrected chi connectivity index (χ4v) is 2.58. The molecule has 0 atom stereocenters. The number of hydrogen-bond donors (Lipinski definition) is 2. The molecule has 2 aromatic heterocycles. The predicted molar refractivity (Wildman–Crippen MR) is 81.9 cm³/mol. The van der Waals surface area contributed by atoms with E-state index in [0.717, 1.165) is 19.4 Å². The lowest BCUT2D eigenvalue weighted by molar-refractivity contribution is 1.21. The summed E-state index contributed by atoms with van der Waals surface area (Å²) in [4.78, 5) is 15.6. The van der Waals surface area contributed by atoms with E-state index in [-0.39, 0.29) is 0 Å². The number of fused-ring (bicyclic) bond motifs is 1. The molecule has 1 aromatic carbocycles. The smallest absolute Gasteiger partial charge is 0.183 e. The van der Waals surface area contributed by atoms with Crippen molar-refractivity contribution in [1.82, 2.24) is 19.9 Å². The Labute approximate surface area is 125 Å². The maximum atomic E-state index is 5.78. The molecule has 0 aliphatic rings. The number of nitrogens with two attached hydrogens (primary N) is 1. The summed E-state index contributed by atoms with van der Waals surface area (Å²) < 4.78 is 2.10. The highest BCUT2D eigenvalue weighted by atomic mass is 127. The molecule has 0 saturated carbocycles. The Morgan fingerprint density at radius 3 is 2.89 bits per heavy atom. The van der Waals surface area contributed by atoms with Gasteiger partial charge in [-0.3, -0.25) is 0 Å². The fourth-order valence-electron chi connectivity index (χ4n) is 1.65. The number of nitrogens with zero attached hydrogens (tertiary/aromatic N) is 3. The van der Waals surface area contributed by atoms with Crippen molar-refractivity contribution in [2.24, 2.45) is 0 Å². The van der Waals surface area contributed by atoms with Gasteiger partial charge in [0.25, 0.3) is 0 Å². The Morgan fingerprint density at radius 2 is 2.11 bits per heavy atom. The van der Waals surface area contributed by atoms with E-state index in [9.17, 15) is 0 Å². The maximum Gasteiger partial charge on any atom is 0.183 e. The van der Waals surface area contributed by atoms with Crippen LogP contribution in [-0.4, -0.2) is 19.9 Å². The molecule has 0 bridgehead atoms. The standard InChI is InChI=1S/C11H7BrIN5/c12-7-2-1-5(13)3-6(7)10-17-8-9(14)15-4-16-11(8)18-10/h1-4H,(H3,14,15,16,17,18). The molecule has 5 nitrogen and oxygen atoms in total. The minimum absolute atomic E-state index is 0.403. The van der Waals surface area contributed by atoms with Crippen LogP contribution in [0.4, 0.5) is 5.82 Å². The minimum atomic E-state index is 0.403. The Bertz CT molecular complexity index is 739. The molecule has 0 fully saturated rings. The summed E-state index contributed by atoms with van der Waals surface area (Å²) in [7, 11) is 0. The Balaban J connectivity index is 2.26. The van der Waals surface area contributed by atoms with Gasteiger partial charge in [0.05, 0.1) is 0 Å². The van der Waals surface area contributed by atoms with E-state index in [1.54, 1.807) is 0 Å². The topological polar surface area (TPSA) is 80.5 Å². The highest BCUT2D eigenvalue weighted by molar-refractivity contribution is 14.1. The molecule has 0 radical (unpaired) electrons. The van der Waals surface area contributed by atoms with Gasteiger partial charge in [-0.25, -0.2) is 15.0 Å². The number of H-pyrrole nitrogens is 1. The molecule has 0 amide bonds. The zero-order valence-corrected chi connectivity index (χ0v) is 12.7. The van der Waals surface area contributed by atoms with Crippen LogP contribution < -0.4 is 5.73 Å².